The standard InChI is InChI=1S/C12H17Cl2NO/c1-3-15(4-2)8-12(16)9-5-6-10(13)11(14)7-9/h5-7,12,16H,3-4,8H2,1-2H3/t12-/m1/s1. The Hall–Kier alpha value is -0.280. The van der Waals surface area contributed by atoms with Gasteiger partial charge in [0.1, 0.15) is 0 Å². The molecular weight excluding hydrogens is 245 g/mol. The van der Waals surface area contributed by atoms with E-state index in [-0.39, 0.29) is 0 Å². The maximum absolute atomic E-state index is 10.0. The summed E-state index contributed by atoms with van der Waals surface area (Å²) in [7, 11) is 0. The van der Waals surface area contributed by atoms with Crippen LogP contribution in [-0.4, -0.2) is 29.6 Å². The molecule has 1 aromatic carbocycles. The average molecular weight is 262 g/mol. The average Bonchev–Trinajstić information content (AvgIpc) is 2.29. The Morgan fingerprint density at radius 3 is 2.31 bits per heavy atom. The van der Waals surface area contributed by atoms with Gasteiger partial charge in [0.25, 0.3) is 0 Å². The molecule has 0 amide bonds. The maximum atomic E-state index is 10.0. The van der Waals surface area contributed by atoms with Gasteiger partial charge in [0.15, 0.2) is 0 Å². The van der Waals surface area contributed by atoms with Crippen LogP contribution < -0.4 is 0 Å². The lowest BCUT2D eigenvalue weighted by Crippen LogP contribution is -2.28. The first kappa shape index (κ1) is 13.8. The van der Waals surface area contributed by atoms with Gasteiger partial charge in [-0.2, -0.15) is 0 Å². The molecule has 0 aliphatic carbocycles. The van der Waals surface area contributed by atoms with Crippen LogP contribution in [0.25, 0.3) is 0 Å². The van der Waals surface area contributed by atoms with Gasteiger partial charge in [-0.15, -0.1) is 0 Å². The van der Waals surface area contributed by atoms with Crippen molar-refractivity contribution in [2.75, 3.05) is 19.6 Å². The van der Waals surface area contributed by atoms with Crippen molar-refractivity contribution < 1.29 is 5.11 Å². The lowest BCUT2D eigenvalue weighted by atomic mass is 10.1. The normalized spacial score (nSPS) is 13.1. The molecular formula is C12H17Cl2NO. The number of halogens is 2. The topological polar surface area (TPSA) is 23.5 Å². The zero-order valence-corrected chi connectivity index (χ0v) is 11.1. The third kappa shape index (κ3) is 3.63. The van der Waals surface area contributed by atoms with Crippen LogP contribution in [0.15, 0.2) is 18.2 Å². The summed E-state index contributed by atoms with van der Waals surface area (Å²) in [6, 6.07) is 5.24. The van der Waals surface area contributed by atoms with E-state index in [0.717, 1.165) is 18.7 Å². The van der Waals surface area contributed by atoms with Crippen molar-refractivity contribution >= 4 is 23.2 Å². The molecule has 0 aliphatic heterocycles. The predicted octanol–water partition coefficient (Wildman–Crippen LogP) is 3.37. The smallest absolute Gasteiger partial charge is 0.0917 e. The highest BCUT2D eigenvalue weighted by atomic mass is 35.5. The first-order chi connectivity index (χ1) is 7.58. The number of aliphatic hydroxyl groups excluding tert-OH is 1. The van der Waals surface area contributed by atoms with Crippen LogP contribution in [0.3, 0.4) is 0 Å². The van der Waals surface area contributed by atoms with E-state index in [0.29, 0.717) is 16.6 Å². The minimum absolute atomic E-state index is 0.484. The van der Waals surface area contributed by atoms with Crippen molar-refractivity contribution in [1.29, 1.82) is 0 Å². The fourth-order valence-corrected chi connectivity index (χ4v) is 1.86. The van der Waals surface area contributed by atoms with E-state index < -0.39 is 6.10 Å². The summed E-state index contributed by atoms with van der Waals surface area (Å²) in [6.07, 6.45) is -0.519. The fraction of sp³-hybridized carbons (Fsp3) is 0.500. The number of rotatable bonds is 5. The van der Waals surface area contributed by atoms with Gasteiger partial charge in [0.2, 0.25) is 0 Å². The molecule has 0 bridgehead atoms. The van der Waals surface area contributed by atoms with E-state index in [1.165, 1.54) is 0 Å². The number of likely N-dealkylation sites (N-methyl/N-ethyl adjacent to an activating group) is 1. The van der Waals surface area contributed by atoms with Crippen LogP contribution >= 0.6 is 23.2 Å². The molecule has 2 nitrogen and oxygen atoms in total. The molecule has 90 valence electrons. The molecule has 1 rings (SSSR count). The van der Waals surface area contributed by atoms with Crippen LogP contribution in [-0.2, 0) is 0 Å². The molecule has 0 fully saturated rings. The molecule has 0 unspecified atom stereocenters. The Kier molecular flexibility index (Phi) is 5.56. The molecule has 0 aromatic heterocycles. The molecule has 0 saturated carbocycles. The highest BCUT2D eigenvalue weighted by Gasteiger charge is 2.12. The van der Waals surface area contributed by atoms with Crippen LogP contribution in [0.2, 0.25) is 10.0 Å². The number of benzene rings is 1. The van der Waals surface area contributed by atoms with Crippen LogP contribution in [0.4, 0.5) is 0 Å². The molecule has 0 aliphatic rings. The van der Waals surface area contributed by atoms with Gasteiger partial charge < -0.3 is 10.0 Å². The number of hydrogen-bond acceptors (Lipinski definition) is 2. The lowest BCUT2D eigenvalue weighted by molar-refractivity contribution is 0.119. The lowest BCUT2D eigenvalue weighted by Gasteiger charge is -2.22. The summed E-state index contributed by atoms with van der Waals surface area (Å²) in [5.74, 6) is 0. The molecule has 4 heteroatoms. The minimum atomic E-state index is -0.519. The van der Waals surface area contributed by atoms with Gasteiger partial charge in [0.05, 0.1) is 16.1 Å². The fourth-order valence-electron chi connectivity index (χ4n) is 1.55. The van der Waals surface area contributed by atoms with E-state index in [1.807, 2.05) is 6.07 Å². The summed E-state index contributed by atoms with van der Waals surface area (Å²) in [5.41, 5.74) is 0.807. The first-order valence-corrected chi connectivity index (χ1v) is 6.19. The third-order valence-electron chi connectivity index (χ3n) is 2.65. The molecule has 16 heavy (non-hydrogen) atoms. The van der Waals surface area contributed by atoms with Gasteiger partial charge in [-0.1, -0.05) is 43.1 Å². The SMILES string of the molecule is CCN(CC)C[C@@H](O)c1ccc(Cl)c(Cl)c1. The van der Waals surface area contributed by atoms with Crippen LogP contribution in [0, 0.1) is 0 Å². The highest BCUT2D eigenvalue weighted by molar-refractivity contribution is 6.42. The van der Waals surface area contributed by atoms with Gasteiger partial charge in [-0.3, -0.25) is 0 Å². The molecule has 0 saturated heterocycles. The minimum Gasteiger partial charge on any atom is -0.387 e. The monoisotopic (exact) mass is 261 g/mol. The Balaban J connectivity index is 2.72. The highest BCUT2D eigenvalue weighted by Crippen LogP contribution is 2.25. The van der Waals surface area contributed by atoms with Crippen molar-refractivity contribution in [3.63, 3.8) is 0 Å². The molecule has 0 radical (unpaired) electrons. The second-order valence-electron chi connectivity index (χ2n) is 3.68. The Labute approximate surface area is 107 Å². The summed E-state index contributed by atoms with van der Waals surface area (Å²) in [6.45, 7) is 6.62. The molecule has 1 N–H and O–H groups in total. The van der Waals surface area contributed by atoms with E-state index in [4.69, 9.17) is 23.2 Å². The van der Waals surface area contributed by atoms with Crippen molar-refractivity contribution in [3.8, 4) is 0 Å². The molecule has 1 aromatic rings. The summed E-state index contributed by atoms with van der Waals surface area (Å²) < 4.78 is 0. The summed E-state index contributed by atoms with van der Waals surface area (Å²) >= 11 is 11.7. The first-order valence-electron chi connectivity index (χ1n) is 5.43. The Morgan fingerprint density at radius 2 is 1.81 bits per heavy atom. The summed E-state index contributed by atoms with van der Waals surface area (Å²) in [4.78, 5) is 2.16. The van der Waals surface area contributed by atoms with Crippen molar-refractivity contribution in [2.24, 2.45) is 0 Å². The Morgan fingerprint density at radius 1 is 1.19 bits per heavy atom. The summed E-state index contributed by atoms with van der Waals surface area (Å²) in [5, 5.41) is 11.0. The van der Waals surface area contributed by atoms with E-state index in [9.17, 15) is 5.11 Å². The predicted molar refractivity (Wildman–Crippen MR) is 69.2 cm³/mol. The van der Waals surface area contributed by atoms with E-state index >= 15 is 0 Å². The largest absolute Gasteiger partial charge is 0.387 e. The number of nitrogens with zero attached hydrogens (tertiary/aromatic N) is 1. The molecule has 0 heterocycles. The van der Waals surface area contributed by atoms with Crippen LogP contribution in [0.5, 0.6) is 0 Å². The van der Waals surface area contributed by atoms with Crippen molar-refractivity contribution in [3.05, 3.63) is 33.8 Å². The van der Waals surface area contributed by atoms with Gasteiger partial charge >= 0.3 is 0 Å². The quantitative estimate of drug-likeness (QED) is 0.879. The second-order valence-corrected chi connectivity index (χ2v) is 4.49. The zero-order chi connectivity index (χ0) is 12.1. The van der Waals surface area contributed by atoms with Crippen LogP contribution in [0.1, 0.15) is 25.5 Å². The Bertz CT molecular complexity index is 340. The number of hydrogen-bond donors (Lipinski definition) is 1. The zero-order valence-electron chi connectivity index (χ0n) is 9.58. The molecule has 0 spiro atoms. The van der Waals surface area contributed by atoms with Gasteiger partial charge in [-0.25, -0.2) is 0 Å². The second kappa shape index (κ2) is 6.45. The molecule has 1 atom stereocenters. The van der Waals surface area contributed by atoms with Crippen molar-refractivity contribution in [1.82, 2.24) is 4.90 Å². The third-order valence-corrected chi connectivity index (χ3v) is 3.39. The maximum Gasteiger partial charge on any atom is 0.0917 e. The van der Waals surface area contributed by atoms with Crippen molar-refractivity contribution in [2.45, 2.75) is 20.0 Å². The number of aliphatic hydroxyl groups is 1. The van der Waals surface area contributed by atoms with E-state index in [1.54, 1.807) is 12.1 Å². The van der Waals surface area contributed by atoms with Gasteiger partial charge in [0, 0.05) is 6.54 Å². The van der Waals surface area contributed by atoms with Gasteiger partial charge in [-0.05, 0) is 30.8 Å². The van der Waals surface area contributed by atoms with E-state index in [2.05, 4.69) is 18.7 Å².